The molecule has 3 N–H and O–H groups in total. The van der Waals surface area contributed by atoms with E-state index in [0.29, 0.717) is 0 Å². The molecule has 3 nitrogen and oxygen atoms in total. The normalized spacial score (nSPS) is 14.9. The first-order valence-electron chi connectivity index (χ1n) is 4.76. The molecule has 0 bridgehead atoms. The Hall–Kier alpha value is -1.06. The lowest BCUT2D eigenvalue weighted by atomic mass is 10.0. The molecule has 2 atom stereocenters. The van der Waals surface area contributed by atoms with Gasteiger partial charge in [0.2, 0.25) is 0 Å². The molecule has 0 unspecified atom stereocenters. The summed E-state index contributed by atoms with van der Waals surface area (Å²) in [5.41, 5.74) is 6.55. The molecule has 14 heavy (non-hydrogen) atoms. The number of methoxy groups -OCH3 is 1. The van der Waals surface area contributed by atoms with Crippen molar-refractivity contribution in [2.45, 2.75) is 25.5 Å². The van der Waals surface area contributed by atoms with Gasteiger partial charge < -0.3 is 15.6 Å². The number of benzene rings is 1. The van der Waals surface area contributed by atoms with Crippen molar-refractivity contribution >= 4 is 0 Å². The molecule has 0 amide bonds. The highest BCUT2D eigenvalue weighted by atomic mass is 16.5. The van der Waals surface area contributed by atoms with Crippen molar-refractivity contribution in [3.63, 3.8) is 0 Å². The maximum atomic E-state index is 9.83. The third-order valence-electron chi connectivity index (χ3n) is 2.31. The van der Waals surface area contributed by atoms with Crippen LogP contribution in [0.2, 0.25) is 0 Å². The van der Waals surface area contributed by atoms with Crippen LogP contribution in [0.3, 0.4) is 0 Å². The zero-order valence-corrected chi connectivity index (χ0v) is 8.60. The monoisotopic (exact) mass is 195 g/mol. The van der Waals surface area contributed by atoms with Crippen LogP contribution in [-0.2, 0) is 0 Å². The molecule has 1 rings (SSSR count). The minimum absolute atomic E-state index is 0.220. The highest BCUT2D eigenvalue weighted by Crippen LogP contribution is 2.21. The highest BCUT2D eigenvalue weighted by Gasteiger charge is 2.15. The standard InChI is InChI=1S/C11H17NO2/c1-3-10(12)11(13)8-5-4-6-9(7-8)14-2/h4-7,10-11,13H,3,12H2,1-2H3/t10-,11+/m0/s1. The topological polar surface area (TPSA) is 55.5 Å². The molecular formula is C11H17NO2. The van der Waals surface area contributed by atoms with Crippen LogP contribution in [0.25, 0.3) is 0 Å². The van der Waals surface area contributed by atoms with Crippen LogP contribution < -0.4 is 10.5 Å². The Balaban J connectivity index is 2.83. The number of hydrogen-bond donors (Lipinski definition) is 2. The van der Waals surface area contributed by atoms with Crippen LogP contribution in [0.4, 0.5) is 0 Å². The third-order valence-corrected chi connectivity index (χ3v) is 2.31. The summed E-state index contributed by atoms with van der Waals surface area (Å²) in [6.07, 6.45) is 0.133. The molecule has 1 aromatic rings. The number of nitrogens with two attached hydrogens (primary N) is 1. The van der Waals surface area contributed by atoms with E-state index >= 15 is 0 Å². The summed E-state index contributed by atoms with van der Waals surface area (Å²) in [4.78, 5) is 0. The Morgan fingerprint density at radius 1 is 1.50 bits per heavy atom. The second kappa shape index (κ2) is 4.98. The van der Waals surface area contributed by atoms with E-state index in [0.717, 1.165) is 17.7 Å². The van der Waals surface area contributed by atoms with Gasteiger partial charge in [-0.25, -0.2) is 0 Å². The van der Waals surface area contributed by atoms with Gasteiger partial charge in [0.25, 0.3) is 0 Å². The maximum absolute atomic E-state index is 9.83. The van der Waals surface area contributed by atoms with Gasteiger partial charge in [0.15, 0.2) is 0 Å². The Kier molecular flexibility index (Phi) is 3.92. The van der Waals surface area contributed by atoms with E-state index in [1.807, 2.05) is 25.1 Å². The van der Waals surface area contributed by atoms with Crippen molar-refractivity contribution < 1.29 is 9.84 Å². The first kappa shape index (κ1) is 11.0. The van der Waals surface area contributed by atoms with E-state index in [-0.39, 0.29) is 6.04 Å². The number of hydrogen-bond acceptors (Lipinski definition) is 3. The summed E-state index contributed by atoms with van der Waals surface area (Å²) in [7, 11) is 1.60. The molecule has 0 aliphatic heterocycles. The smallest absolute Gasteiger partial charge is 0.119 e. The number of aliphatic hydroxyl groups excluding tert-OH is 1. The lowest BCUT2D eigenvalue weighted by Gasteiger charge is -2.17. The first-order valence-corrected chi connectivity index (χ1v) is 4.76. The quantitative estimate of drug-likeness (QED) is 0.764. The van der Waals surface area contributed by atoms with Crippen molar-refractivity contribution in [1.82, 2.24) is 0 Å². The summed E-state index contributed by atoms with van der Waals surface area (Å²) in [5.74, 6) is 0.741. The fraction of sp³-hybridized carbons (Fsp3) is 0.455. The third kappa shape index (κ3) is 2.47. The Morgan fingerprint density at radius 3 is 2.79 bits per heavy atom. The average molecular weight is 195 g/mol. The van der Waals surface area contributed by atoms with E-state index in [9.17, 15) is 5.11 Å². The fourth-order valence-corrected chi connectivity index (χ4v) is 1.30. The van der Waals surface area contributed by atoms with Crippen molar-refractivity contribution in [1.29, 1.82) is 0 Å². The van der Waals surface area contributed by atoms with Crippen LogP contribution in [0.1, 0.15) is 25.0 Å². The molecular weight excluding hydrogens is 178 g/mol. The van der Waals surface area contributed by atoms with E-state index in [1.165, 1.54) is 0 Å². The molecule has 0 spiro atoms. The molecule has 0 aromatic heterocycles. The van der Waals surface area contributed by atoms with E-state index in [1.54, 1.807) is 13.2 Å². The molecule has 0 radical (unpaired) electrons. The van der Waals surface area contributed by atoms with E-state index in [4.69, 9.17) is 10.5 Å². The largest absolute Gasteiger partial charge is 0.497 e. The van der Waals surface area contributed by atoms with Crippen molar-refractivity contribution in [2.75, 3.05) is 7.11 Å². The zero-order valence-electron chi connectivity index (χ0n) is 8.60. The summed E-state index contributed by atoms with van der Waals surface area (Å²) in [6, 6.07) is 7.12. The molecule has 0 heterocycles. The van der Waals surface area contributed by atoms with Crippen molar-refractivity contribution in [3.05, 3.63) is 29.8 Å². The van der Waals surface area contributed by atoms with Crippen LogP contribution in [-0.4, -0.2) is 18.3 Å². The van der Waals surface area contributed by atoms with Crippen molar-refractivity contribution in [3.8, 4) is 5.75 Å². The van der Waals surface area contributed by atoms with Crippen LogP contribution in [0, 0.1) is 0 Å². The summed E-state index contributed by atoms with van der Waals surface area (Å²) >= 11 is 0. The molecule has 0 aliphatic carbocycles. The van der Waals surface area contributed by atoms with Crippen LogP contribution in [0.15, 0.2) is 24.3 Å². The maximum Gasteiger partial charge on any atom is 0.119 e. The average Bonchev–Trinajstić information content (AvgIpc) is 2.27. The van der Waals surface area contributed by atoms with Gasteiger partial charge in [-0.15, -0.1) is 0 Å². The summed E-state index contributed by atoms with van der Waals surface area (Å²) < 4.78 is 5.07. The Bertz CT molecular complexity index is 288. The van der Waals surface area contributed by atoms with E-state index < -0.39 is 6.10 Å². The Morgan fingerprint density at radius 2 is 2.21 bits per heavy atom. The lowest BCUT2D eigenvalue weighted by molar-refractivity contribution is 0.144. The van der Waals surface area contributed by atoms with Crippen LogP contribution in [0.5, 0.6) is 5.75 Å². The van der Waals surface area contributed by atoms with Gasteiger partial charge >= 0.3 is 0 Å². The van der Waals surface area contributed by atoms with Crippen molar-refractivity contribution in [2.24, 2.45) is 5.73 Å². The zero-order chi connectivity index (χ0) is 10.6. The van der Waals surface area contributed by atoms with Crippen LogP contribution >= 0.6 is 0 Å². The highest BCUT2D eigenvalue weighted by molar-refractivity contribution is 5.30. The molecule has 0 saturated heterocycles. The molecule has 0 fully saturated rings. The molecule has 78 valence electrons. The molecule has 3 heteroatoms. The predicted octanol–water partition coefficient (Wildman–Crippen LogP) is 1.47. The van der Waals surface area contributed by atoms with Gasteiger partial charge in [0.05, 0.1) is 13.2 Å². The van der Waals surface area contributed by atoms with Gasteiger partial charge in [0, 0.05) is 6.04 Å². The van der Waals surface area contributed by atoms with Gasteiger partial charge in [-0.1, -0.05) is 19.1 Å². The Labute approximate surface area is 84.5 Å². The fourth-order valence-electron chi connectivity index (χ4n) is 1.30. The van der Waals surface area contributed by atoms with E-state index in [2.05, 4.69) is 0 Å². The summed E-state index contributed by atoms with van der Waals surface area (Å²) in [6.45, 7) is 1.95. The number of ether oxygens (including phenoxy) is 1. The predicted molar refractivity (Wildman–Crippen MR) is 56.2 cm³/mol. The SMILES string of the molecule is CC[C@H](N)[C@H](O)c1cccc(OC)c1. The first-order chi connectivity index (χ1) is 6.69. The second-order valence-corrected chi connectivity index (χ2v) is 3.29. The summed E-state index contributed by atoms with van der Waals surface area (Å²) in [5, 5.41) is 9.83. The number of rotatable bonds is 4. The minimum atomic E-state index is -0.616. The van der Waals surface area contributed by atoms with Gasteiger partial charge in [-0.2, -0.15) is 0 Å². The molecule has 0 aliphatic rings. The molecule has 1 aromatic carbocycles. The van der Waals surface area contributed by atoms with Gasteiger partial charge in [-0.05, 0) is 24.1 Å². The second-order valence-electron chi connectivity index (χ2n) is 3.29. The lowest BCUT2D eigenvalue weighted by Crippen LogP contribution is -2.27. The minimum Gasteiger partial charge on any atom is -0.497 e. The molecule has 0 saturated carbocycles. The van der Waals surface area contributed by atoms with Gasteiger partial charge in [0.1, 0.15) is 5.75 Å². The number of aliphatic hydroxyl groups is 1. The van der Waals surface area contributed by atoms with Gasteiger partial charge in [-0.3, -0.25) is 0 Å².